The topological polar surface area (TPSA) is 61.4 Å². The number of hydrogen-bond acceptors (Lipinski definition) is 5. The zero-order valence-corrected chi connectivity index (χ0v) is 13.9. The second kappa shape index (κ2) is 6.53. The van der Waals surface area contributed by atoms with Crippen LogP contribution in [0.2, 0.25) is 0 Å². The van der Waals surface area contributed by atoms with Gasteiger partial charge < -0.3 is 5.32 Å². The van der Waals surface area contributed by atoms with Crippen molar-refractivity contribution >= 4 is 21.4 Å². The van der Waals surface area contributed by atoms with Gasteiger partial charge in [0.15, 0.2) is 0 Å². The number of hydrogen-bond donors (Lipinski definition) is 2. The minimum absolute atomic E-state index is 0.217. The van der Waals surface area contributed by atoms with Crippen molar-refractivity contribution in [2.24, 2.45) is 0 Å². The van der Waals surface area contributed by atoms with E-state index in [0.29, 0.717) is 23.3 Å². The molecule has 1 unspecified atom stereocenters. The van der Waals surface area contributed by atoms with E-state index in [1.54, 1.807) is 6.07 Å². The van der Waals surface area contributed by atoms with Crippen molar-refractivity contribution in [3.05, 3.63) is 17.0 Å². The van der Waals surface area contributed by atoms with Crippen LogP contribution in [0.3, 0.4) is 0 Å². The third-order valence-electron chi connectivity index (χ3n) is 3.66. The second-order valence-corrected chi connectivity index (χ2v) is 8.31. The molecule has 1 aromatic rings. The van der Waals surface area contributed by atoms with Crippen LogP contribution in [0.4, 0.5) is 0 Å². The Balaban J connectivity index is 1.92. The molecule has 1 aliphatic carbocycles. The number of nitrogens with zero attached hydrogens (tertiary/aromatic N) is 1. The molecule has 0 aliphatic heterocycles. The summed E-state index contributed by atoms with van der Waals surface area (Å²) in [4.78, 5) is 2.25. The lowest BCUT2D eigenvalue weighted by Crippen LogP contribution is -2.40. The predicted molar refractivity (Wildman–Crippen MR) is 82.5 cm³/mol. The molecule has 2 N–H and O–H groups in total. The summed E-state index contributed by atoms with van der Waals surface area (Å²) >= 11 is 1.27. The van der Waals surface area contributed by atoms with Crippen molar-refractivity contribution in [2.75, 3.05) is 20.6 Å². The molecule has 0 spiro atoms. The SMILES string of the molecule is CNCc1csc(S(=O)(=O)NCC(C)N(C)C2CC2)c1. The van der Waals surface area contributed by atoms with E-state index in [-0.39, 0.29) is 6.04 Å². The van der Waals surface area contributed by atoms with Crippen LogP contribution in [0.15, 0.2) is 15.7 Å². The lowest BCUT2D eigenvalue weighted by Gasteiger charge is -2.24. The zero-order valence-electron chi connectivity index (χ0n) is 12.2. The minimum Gasteiger partial charge on any atom is -0.316 e. The summed E-state index contributed by atoms with van der Waals surface area (Å²) in [7, 11) is 0.531. The Morgan fingerprint density at radius 3 is 2.80 bits per heavy atom. The van der Waals surface area contributed by atoms with Crippen molar-refractivity contribution in [2.45, 2.75) is 42.6 Å². The first-order valence-corrected chi connectivity index (χ1v) is 9.24. The lowest BCUT2D eigenvalue weighted by molar-refractivity contribution is 0.248. The molecular weight excluding hydrogens is 294 g/mol. The average Bonchev–Trinajstić information content (AvgIpc) is 3.15. The van der Waals surface area contributed by atoms with E-state index in [4.69, 9.17) is 0 Å². The summed E-state index contributed by atoms with van der Waals surface area (Å²) in [5, 5.41) is 4.90. The molecule has 7 heteroatoms. The van der Waals surface area contributed by atoms with Gasteiger partial charge in [0, 0.05) is 25.2 Å². The van der Waals surface area contributed by atoms with Crippen molar-refractivity contribution in [1.82, 2.24) is 14.9 Å². The number of nitrogens with one attached hydrogen (secondary N) is 2. The van der Waals surface area contributed by atoms with Gasteiger partial charge in [-0.15, -0.1) is 11.3 Å². The monoisotopic (exact) mass is 317 g/mol. The molecule has 1 heterocycles. The summed E-state index contributed by atoms with van der Waals surface area (Å²) in [6.07, 6.45) is 2.46. The Labute approximate surface area is 125 Å². The second-order valence-electron chi connectivity index (χ2n) is 5.40. The molecule has 5 nitrogen and oxygen atoms in total. The Kier molecular flexibility index (Phi) is 5.19. The van der Waals surface area contributed by atoms with Crippen LogP contribution in [0, 0.1) is 0 Å². The summed E-state index contributed by atoms with van der Waals surface area (Å²) in [6.45, 7) is 3.20. The van der Waals surface area contributed by atoms with Gasteiger partial charge in [0.2, 0.25) is 10.0 Å². The standard InChI is InChI=1S/C13H23N3O2S2/c1-10(16(3)12-4-5-12)7-15-20(17,18)13-6-11(8-14-2)9-19-13/h6,9-10,12,14-15H,4-5,7-8H2,1-3H3. The molecule has 1 aromatic heterocycles. The van der Waals surface area contributed by atoms with Crippen LogP contribution in [0.5, 0.6) is 0 Å². The van der Waals surface area contributed by atoms with Crippen LogP contribution in [-0.2, 0) is 16.6 Å². The summed E-state index contributed by atoms with van der Waals surface area (Å²) in [5.74, 6) is 0. The Bertz CT molecular complexity index is 538. The van der Waals surface area contributed by atoms with Gasteiger partial charge in [0.25, 0.3) is 0 Å². The molecule has 114 valence electrons. The van der Waals surface area contributed by atoms with Crippen LogP contribution in [0.1, 0.15) is 25.3 Å². The number of sulfonamides is 1. The fourth-order valence-corrected chi connectivity index (χ4v) is 4.45. The van der Waals surface area contributed by atoms with E-state index in [0.717, 1.165) is 5.56 Å². The Hall–Kier alpha value is -0.470. The molecule has 0 radical (unpaired) electrons. The van der Waals surface area contributed by atoms with E-state index >= 15 is 0 Å². The molecular formula is C13H23N3O2S2. The molecule has 1 fully saturated rings. The molecule has 0 saturated heterocycles. The maximum absolute atomic E-state index is 12.2. The van der Waals surface area contributed by atoms with Gasteiger partial charge in [0.1, 0.15) is 4.21 Å². The van der Waals surface area contributed by atoms with Gasteiger partial charge in [-0.1, -0.05) is 0 Å². The molecule has 0 bridgehead atoms. The Morgan fingerprint density at radius 2 is 2.20 bits per heavy atom. The van der Waals surface area contributed by atoms with Gasteiger partial charge in [-0.2, -0.15) is 0 Å². The van der Waals surface area contributed by atoms with Crippen molar-refractivity contribution < 1.29 is 8.42 Å². The zero-order chi connectivity index (χ0) is 14.8. The quantitative estimate of drug-likeness (QED) is 0.757. The van der Waals surface area contributed by atoms with E-state index in [9.17, 15) is 8.42 Å². The normalized spacial score (nSPS) is 17.6. The first kappa shape index (κ1) is 15.9. The van der Waals surface area contributed by atoms with E-state index in [1.807, 2.05) is 12.4 Å². The highest BCUT2D eigenvalue weighted by Crippen LogP contribution is 2.27. The summed E-state index contributed by atoms with van der Waals surface area (Å²) in [6, 6.07) is 2.59. The van der Waals surface area contributed by atoms with Crippen LogP contribution < -0.4 is 10.0 Å². The highest BCUT2D eigenvalue weighted by Gasteiger charge is 2.29. The largest absolute Gasteiger partial charge is 0.316 e. The van der Waals surface area contributed by atoms with Crippen LogP contribution >= 0.6 is 11.3 Å². The molecule has 1 aliphatic rings. The van der Waals surface area contributed by atoms with Crippen LogP contribution in [-0.4, -0.2) is 46.0 Å². The van der Waals surface area contributed by atoms with Gasteiger partial charge >= 0.3 is 0 Å². The van der Waals surface area contributed by atoms with Gasteiger partial charge in [-0.25, -0.2) is 13.1 Å². The highest BCUT2D eigenvalue weighted by atomic mass is 32.2. The maximum Gasteiger partial charge on any atom is 0.250 e. The third-order valence-corrected chi connectivity index (χ3v) is 6.57. The first-order chi connectivity index (χ1) is 9.44. The Morgan fingerprint density at radius 1 is 1.50 bits per heavy atom. The van der Waals surface area contributed by atoms with Crippen LogP contribution in [0.25, 0.3) is 0 Å². The number of thiophene rings is 1. The number of likely N-dealkylation sites (N-methyl/N-ethyl adjacent to an activating group) is 1. The van der Waals surface area contributed by atoms with E-state index < -0.39 is 10.0 Å². The number of rotatable bonds is 8. The average molecular weight is 317 g/mol. The van der Waals surface area contributed by atoms with Gasteiger partial charge in [-0.05, 0) is 50.9 Å². The van der Waals surface area contributed by atoms with E-state index in [2.05, 4.69) is 28.9 Å². The summed E-state index contributed by atoms with van der Waals surface area (Å²) < 4.78 is 27.6. The predicted octanol–water partition coefficient (Wildman–Crippen LogP) is 1.23. The maximum atomic E-state index is 12.2. The van der Waals surface area contributed by atoms with Crippen molar-refractivity contribution in [3.63, 3.8) is 0 Å². The smallest absolute Gasteiger partial charge is 0.250 e. The van der Waals surface area contributed by atoms with Crippen molar-refractivity contribution in [1.29, 1.82) is 0 Å². The van der Waals surface area contributed by atoms with Gasteiger partial charge in [-0.3, -0.25) is 4.90 Å². The minimum atomic E-state index is -3.38. The molecule has 1 saturated carbocycles. The molecule has 20 heavy (non-hydrogen) atoms. The molecule has 0 aromatic carbocycles. The third kappa shape index (κ3) is 4.02. The molecule has 2 rings (SSSR count). The van der Waals surface area contributed by atoms with Crippen molar-refractivity contribution in [3.8, 4) is 0 Å². The highest BCUT2D eigenvalue weighted by molar-refractivity contribution is 7.91. The van der Waals surface area contributed by atoms with Gasteiger partial charge in [0.05, 0.1) is 0 Å². The fourth-order valence-electron chi connectivity index (χ4n) is 2.08. The first-order valence-electron chi connectivity index (χ1n) is 6.87. The van der Waals surface area contributed by atoms with E-state index in [1.165, 1.54) is 24.2 Å². The molecule has 1 atom stereocenters. The fraction of sp³-hybridized carbons (Fsp3) is 0.692. The summed E-state index contributed by atoms with van der Waals surface area (Å²) in [5.41, 5.74) is 1.00. The lowest BCUT2D eigenvalue weighted by atomic mass is 10.3. The molecule has 0 amide bonds.